The zero-order chi connectivity index (χ0) is 19.4. The first kappa shape index (κ1) is 18.7. The van der Waals surface area contributed by atoms with E-state index in [2.05, 4.69) is 20.3 Å². The van der Waals surface area contributed by atoms with Crippen LogP contribution in [0.3, 0.4) is 0 Å². The molecule has 1 N–H and O–H groups in total. The van der Waals surface area contributed by atoms with Crippen molar-refractivity contribution in [3.05, 3.63) is 72.3 Å². The highest BCUT2D eigenvalue weighted by Gasteiger charge is 2.14. The molecule has 2 heterocycles. The summed E-state index contributed by atoms with van der Waals surface area (Å²) in [5, 5.41) is 2.85. The number of rotatable bonds is 5. The van der Waals surface area contributed by atoms with E-state index in [9.17, 15) is 13.2 Å². The Kier molecular flexibility index (Phi) is 5.27. The van der Waals surface area contributed by atoms with Crippen molar-refractivity contribution in [1.82, 2.24) is 20.3 Å². The smallest absolute Gasteiger partial charge is 0.254 e. The third kappa shape index (κ3) is 4.53. The Morgan fingerprint density at radius 2 is 1.59 bits per heavy atom. The van der Waals surface area contributed by atoms with Gasteiger partial charge >= 0.3 is 0 Å². The molecule has 0 fully saturated rings. The van der Waals surface area contributed by atoms with E-state index in [4.69, 9.17) is 0 Å². The second-order valence-corrected chi connectivity index (χ2v) is 8.08. The SMILES string of the molecule is CC(NC(=O)c1cnc(-c2ccncc2)nc1)c1ccc(S(C)(=O)=O)cc1. The van der Waals surface area contributed by atoms with Crippen LogP contribution >= 0.6 is 0 Å². The van der Waals surface area contributed by atoms with Gasteiger partial charge in [-0.1, -0.05) is 12.1 Å². The summed E-state index contributed by atoms with van der Waals surface area (Å²) in [4.78, 5) is 25.0. The van der Waals surface area contributed by atoms with E-state index in [1.807, 2.05) is 6.92 Å². The van der Waals surface area contributed by atoms with Crippen LogP contribution in [-0.4, -0.2) is 35.5 Å². The highest BCUT2D eigenvalue weighted by atomic mass is 32.2. The summed E-state index contributed by atoms with van der Waals surface area (Å²) in [5.74, 6) is 0.203. The molecule has 1 amide bonds. The third-order valence-corrected chi connectivity index (χ3v) is 5.14. The van der Waals surface area contributed by atoms with Gasteiger partial charge in [-0.05, 0) is 36.8 Å². The van der Waals surface area contributed by atoms with Crippen molar-refractivity contribution in [3.63, 3.8) is 0 Å². The van der Waals surface area contributed by atoms with Gasteiger partial charge in [0.2, 0.25) is 0 Å². The lowest BCUT2D eigenvalue weighted by atomic mass is 10.1. The lowest BCUT2D eigenvalue weighted by molar-refractivity contribution is 0.0939. The van der Waals surface area contributed by atoms with Crippen LogP contribution in [0.1, 0.15) is 28.9 Å². The summed E-state index contributed by atoms with van der Waals surface area (Å²) in [6.07, 6.45) is 7.39. The third-order valence-electron chi connectivity index (χ3n) is 4.01. The molecule has 8 heteroatoms. The van der Waals surface area contributed by atoms with E-state index >= 15 is 0 Å². The first-order valence-corrected chi connectivity index (χ1v) is 10.1. The maximum atomic E-state index is 12.4. The lowest BCUT2D eigenvalue weighted by Crippen LogP contribution is -2.27. The summed E-state index contributed by atoms with van der Waals surface area (Å²) >= 11 is 0. The molecule has 0 aliphatic heterocycles. The minimum absolute atomic E-state index is 0.241. The van der Waals surface area contributed by atoms with Crippen LogP contribution in [0, 0.1) is 0 Å². The van der Waals surface area contributed by atoms with Crippen molar-refractivity contribution >= 4 is 15.7 Å². The van der Waals surface area contributed by atoms with Gasteiger partial charge in [0.15, 0.2) is 15.7 Å². The monoisotopic (exact) mass is 382 g/mol. The second-order valence-electron chi connectivity index (χ2n) is 6.07. The first-order chi connectivity index (χ1) is 12.8. The van der Waals surface area contributed by atoms with Gasteiger partial charge in [-0.3, -0.25) is 9.78 Å². The summed E-state index contributed by atoms with van der Waals surface area (Å²) in [5.41, 5.74) is 1.95. The number of carbonyl (C=O) groups excluding carboxylic acids is 1. The predicted molar refractivity (Wildman–Crippen MR) is 101 cm³/mol. The van der Waals surface area contributed by atoms with Crippen molar-refractivity contribution in [2.75, 3.05) is 6.26 Å². The number of hydrogen-bond acceptors (Lipinski definition) is 6. The quantitative estimate of drug-likeness (QED) is 0.727. The van der Waals surface area contributed by atoms with Gasteiger partial charge in [-0.2, -0.15) is 0 Å². The number of carbonyl (C=O) groups is 1. The molecular weight excluding hydrogens is 364 g/mol. The van der Waals surface area contributed by atoms with Crippen LogP contribution in [0.2, 0.25) is 0 Å². The highest BCUT2D eigenvalue weighted by Crippen LogP contribution is 2.17. The Hall–Kier alpha value is -3.13. The topological polar surface area (TPSA) is 102 Å². The number of benzene rings is 1. The van der Waals surface area contributed by atoms with Crippen molar-refractivity contribution in [2.24, 2.45) is 0 Å². The zero-order valence-electron chi connectivity index (χ0n) is 14.8. The van der Waals surface area contributed by atoms with Gasteiger partial charge in [0.05, 0.1) is 16.5 Å². The molecule has 0 aliphatic rings. The predicted octanol–water partition coefficient (Wildman–Crippen LogP) is 2.43. The fourth-order valence-corrected chi connectivity index (χ4v) is 3.09. The number of hydrogen-bond donors (Lipinski definition) is 1. The van der Waals surface area contributed by atoms with E-state index in [-0.39, 0.29) is 16.8 Å². The molecule has 0 saturated carbocycles. The van der Waals surface area contributed by atoms with Crippen LogP contribution in [0.15, 0.2) is 66.1 Å². The number of amides is 1. The number of aromatic nitrogens is 3. The standard InChI is InChI=1S/C19H18N4O3S/c1-13(14-3-5-17(6-4-14)27(2,25)26)23-19(24)16-11-21-18(22-12-16)15-7-9-20-10-8-15/h3-13H,1-2H3,(H,23,24). The van der Waals surface area contributed by atoms with Gasteiger partial charge < -0.3 is 5.32 Å². The van der Waals surface area contributed by atoms with Gasteiger partial charge in [-0.25, -0.2) is 18.4 Å². The zero-order valence-corrected chi connectivity index (χ0v) is 15.6. The number of nitrogens with one attached hydrogen (secondary N) is 1. The maximum Gasteiger partial charge on any atom is 0.254 e. The normalized spacial score (nSPS) is 12.4. The van der Waals surface area contributed by atoms with Crippen LogP contribution < -0.4 is 5.32 Å². The molecule has 0 bridgehead atoms. The van der Waals surface area contributed by atoms with Crippen molar-refractivity contribution in [2.45, 2.75) is 17.9 Å². The Balaban J connectivity index is 1.69. The Labute approximate surface area is 157 Å². The molecule has 3 rings (SSSR count). The number of sulfone groups is 1. The van der Waals surface area contributed by atoms with E-state index in [0.29, 0.717) is 11.4 Å². The molecule has 0 spiro atoms. The van der Waals surface area contributed by atoms with E-state index in [0.717, 1.165) is 17.4 Å². The van der Waals surface area contributed by atoms with Crippen LogP contribution in [0.5, 0.6) is 0 Å². The molecule has 1 atom stereocenters. The van der Waals surface area contributed by atoms with Crippen molar-refractivity contribution in [1.29, 1.82) is 0 Å². The average Bonchev–Trinajstić information content (AvgIpc) is 2.68. The molecule has 3 aromatic rings. The van der Waals surface area contributed by atoms with Gasteiger partial charge in [0.25, 0.3) is 5.91 Å². The Morgan fingerprint density at radius 1 is 1.00 bits per heavy atom. The second kappa shape index (κ2) is 7.63. The molecule has 0 radical (unpaired) electrons. The Bertz CT molecular complexity index is 1030. The summed E-state index contributed by atoms with van der Waals surface area (Å²) < 4.78 is 23.0. The van der Waals surface area contributed by atoms with Gasteiger partial charge in [0, 0.05) is 36.6 Å². The van der Waals surface area contributed by atoms with E-state index < -0.39 is 9.84 Å². The molecular formula is C19H18N4O3S. The molecule has 1 aromatic carbocycles. The van der Waals surface area contributed by atoms with Crippen LogP contribution in [0.25, 0.3) is 11.4 Å². The average molecular weight is 382 g/mol. The summed E-state index contributed by atoms with van der Waals surface area (Å²) in [6, 6.07) is 9.70. The molecule has 1 unspecified atom stereocenters. The Morgan fingerprint density at radius 3 is 2.15 bits per heavy atom. The summed E-state index contributed by atoms with van der Waals surface area (Å²) in [7, 11) is -3.25. The van der Waals surface area contributed by atoms with E-state index in [1.54, 1.807) is 36.7 Å². The highest BCUT2D eigenvalue weighted by molar-refractivity contribution is 7.90. The number of nitrogens with zero attached hydrogens (tertiary/aromatic N) is 3. The minimum Gasteiger partial charge on any atom is -0.345 e. The maximum absolute atomic E-state index is 12.4. The molecule has 27 heavy (non-hydrogen) atoms. The fourth-order valence-electron chi connectivity index (χ4n) is 2.46. The molecule has 0 aliphatic carbocycles. The molecule has 7 nitrogen and oxygen atoms in total. The molecule has 0 saturated heterocycles. The lowest BCUT2D eigenvalue weighted by Gasteiger charge is -2.14. The van der Waals surface area contributed by atoms with Crippen LogP contribution in [0.4, 0.5) is 0 Å². The van der Waals surface area contributed by atoms with Crippen LogP contribution in [-0.2, 0) is 9.84 Å². The number of pyridine rings is 1. The van der Waals surface area contributed by atoms with Gasteiger partial charge in [0.1, 0.15) is 0 Å². The summed E-state index contributed by atoms with van der Waals surface area (Å²) in [6.45, 7) is 1.82. The first-order valence-electron chi connectivity index (χ1n) is 8.18. The largest absolute Gasteiger partial charge is 0.345 e. The van der Waals surface area contributed by atoms with Crippen molar-refractivity contribution < 1.29 is 13.2 Å². The minimum atomic E-state index is -3.25. The van der Waals surface area contributed by atoms with E-state index in [1.165, 1.54) is 24.5 Å². The fraction of sp³-hybridized carbons (Fsp3) is 0.158. The van der Waals surface area contributed by atoms with Gasteiger partial charge in [-0.15, -0.1) is 0 Å². The van der Waals surface area contributed by atoms with Crippen molar-refractivity contribution in [3.8, 4) is 11.4 Å². The molecule has 138 valence electrons. The molecule has 2 aromatic heterocycles.